The SMILES string of the molecule is C/C=C/C[C@@H](C)[C@@H](O)[C@@H](C(=O)N[C@@H](CC)C(=O)N(C)CC(=O)N(C)[C@@H](CC(C)C)C(=O)N[C@H](C(=O)N(C)[C@@H](CC(C)C)C(=O)N[C@@H](C)C(=O)O)C(C)C)N(C)C(=O)[C@H](C(C)C)N(C)C(=O)[C@H](CC(C)C)N(C)C(=O)[C@H](CC(C)C)N(C)C(=O)[C@H](N)Cc1ccccc1. The summed E-state index contributed by atoms with van der Waals surface area (Å²) in [7, 11) is 10.0. The third-order valence-corrected chi connectivity index (χ3v) is 16.9. The van der Waals surface area contributed by atoms with Gasteiger partial charge in [0.2, 0.25) is 59.1 Å². The predicted octanol–water partition coefficient (Wildman–Crippen LogP) is 4.41. The van der Waals surface area contributed by atoms with Crippen LogP contribution in [0.5, 0.6) is 0 Å². The van der Waals surface area contributed by atoms with Gasteiger partial charge in [0.15, 0.2) is 0 Å². The molecule has 1 aromatic rings. The minimum atomic E-state index is -1.63. The van der Waals surface area contributed by atoms with Crippen molar-refractivity contribution in [2.45, 2.75) is 222 Å². The molecule has 1 rings (SSSR count). The Morgan fingerprint density at radius 1 is 0.511 bits per heavy atom. The summed E-state index contributed by atoms with van der Waals surface area (Å²) in [6.45, 7) is 27.8. The number of allylic oxidation sites excluding steroid dienone is 2. The minimum Gasteiger partial charge on any atom is -0.480 e. The Kier molecular flexibility index (Phi) is 35.1. The van der Waals surface area contributed by atoms with Crippen molar-refractivity contribution >= 4 is 65.0 Å². The lowest BCUT2D eigenvalue weighted by molar-refractivity contribution is -0.157. The molecule has 24 nitrogen and oxygen atoms in total. The van der Waals surface area contributed by atoms with Crippen LogP contribution in [-0.4, -0.2) is 232 Å². The average molecular weight is 1300 g/mol. The molecule has 12 atom stereocenters. The van der Waals surface area contributed by atoms with E-state index < -0.39 is 156 Å². The molecule has 1 aromatic carbocycles. The number of benzene rings is 1. The number of nitrogens with zero attached hydrogens (tertiary/aromatic N) is 7. The van der Waals surface area contributed by atoms with E-state index in [0.717, 1.165) is 15.4 Å². The highest BCUT2D eigenvalue weighted by atomic mass is 16.4. The molecule has 0 aliphatic heterocycles. The number of carbonyl (C=O) groups excluding carboxylic acids is 10. The Morgan fingerprint density at radius 2 is 0.946 bits per heavy atom. The third kappa shape index (κ3) is 24.5. The number of nitrogens with one attached hydrogen (secondary N) is 3. The Hall–Kier alpha value is -6.95. The molecular weight excluding hydrogens is 1180 g/mol. The summed E-state index contributed by atoms with van der Waals surface area (Å²) in [5.74, 6) is -9.80. The zero-order valence-corrected chi connectivity index (χ0v) is 59.7. The van der Waals surface area contributed by atoms with E-state index in [9.17, 15) is 53.4 Å². The molecular formula is C68H117N11O13. The number of aliphatic hydroxyl groups excluding tert-OH is 1. The van der Waals surface area contributed by atoms with Gasteiger partial charge in [-0.3, -0.25) is 52.7 Å². The van der Waals surface area contributed by atoms with Crippen LogP contribution >= 0.6 is 0 Å². The first-order valence-corrected chi connectivity index (χ1v) is 32.7. The number of hydrogen-bond acceptors (Lipinski definition) is 13. The van der Waals surface area contributed by atoms with Crippen LogP contribution in [0.4, 0.5) is 0 Å². The van der Waals surface area contributed by atoms with Crippen molar-refractivity contribution in [2.75, 3.05) is 55.9 Å². The minimum absolute atomic E-state index is 0.00106. The van der Waals surface area contributed by atoms with Gasteiger partial charge in [-0.2, -0.15) is 0 Å². The fourth-order valence-electron chi connectivity index (χ4n) is 11.2. The molecule has 0 saturated heterocycles. The van der Waals surface area contributed by atoms with Crippen LogP contribution in [0, 0.1) is 41.4 Å². The molecule has 10 amide bonds. The van der Waals surface area contributed by atoms with E-state index >= 15 is 9.59 Å². The lowest BCUT2D eigenvalue weighted by Crippen LogP contribution is -2.63. The van der Waals surface area contributed by atoms with Gasteiger partial charge in [0.1, 0.15) is 54.4 Å². The fraction of sp³-hybridized carbons (Fsp3) is 0.721. The molecule has 24 heteroatoms. The topological polar surface area (TPSA) is 313 Å². The molecule has 92 heavy (non-hydrogen) atoms. The summed E-state index contributed by atoms with van der Waals surface area (Å²) < 4.78 is 0. The van der Waals surface area contributed by atoms with E-state index in [1.54, 1.807) is 60.6 Å². The van der Waals surface area contributed by atoms with E-state index in [1.165, 1.54) is 80.8 Å². The molecule has 522 valence electrons. The standard InChI is InChI=1S/C68H117N11O13/c1-24-26-30-45(15)58(81)57(79(23)67(90)56(44(13)14)78(22)65(88)53(36-42(9)10)77(21)64(87)52(35-41(7)8)76(20)62(85)48(69)37-47-31-28-27-29-32-47)61(84)71-49(25-2)63(86)73(17)38-54(80)74(18)50(33-39(3)4)60(83)72-55(43(11)12)66(89)75(19)51(34-40(5)6)59(82)70-46(16)68(91)92/h24,26-29,31-32,39-46,48-53,55-58,81H,25,30,33-38,69H2,1-23H3,(H,70,82)(H,71,84)(H,72,83)(H,91,92)/b26-24+/t45-,46+,48-,49+,50+,51+,52+,53+,55+,56+,57+,58-/m1/s1. The van der Waals surface area contributed by atoms with Gasteiger partial charge < -0.3 is 66.2 Å². The molecule has 0 unspecified atom stereocenters. The van der Waals surface area contributed by atoms with Crippen molar-refractivity contribution in [3.05, 3.63) is 48.0 Å². The first kappa shape index (κ1) is 83.1. The van der Waals surface area contributed by atoms with Crippen molar-refractivity contribution in [1.82, 2.24) is 50.2 Å². The number of aliphatic carboxylic acids is 1. The first-order valence-electron chi connectivity index (χ1n) is 32.7. The molecule has 0 heterocycles. The van der Waals surface area contributed by atoms with E-state index in [-0.39, 0.29) is 62.2 Å². The second-order valence-electron chi connectivity index (χ2n) is 27.5. The monoisotopic (exact) mass is 1300 g/mol. The maximum atomic E-state index is 15.2. The van der Waals surface area contributed by atoms with Crippen LogP contribution in [-0.2, 0) is 59.2 Å². The van der Waals surface area contributed by atoms with E-state index in [4.69, 9.17) is 5.73 Å². The van der Waals surface area contributed by atoms with Crippen LogP contribution in [0.3, 0.4) is 0 Å². The second kappa shape index (κ2) is 38.9. The largest absolute Gasteiger partial charge is 0.480 e. The Bertz CT molecular complexity index is 2630. The smallest absolute Gasteiger partial charge is 0.325 e. The van der Waals surface area contributed by atoms with Crippen molar-refractivity contribution < 1.29 is 63.0 Å². The lowest BCUT2D eigenvalue weighted by atomic mass is 9.91. The lowest BCUT2D eigenvalue weighted by Gasteiger charge is -2.41. The van der Waals surface area contributed by atoms with Gasteiger partial charge in [-0.05, 0) is 106 Å². The van der Waals surface area contributed by atoms with Crippen LogP contribution < -0.4 is 21.7 Å². The first-order chi connectivity index (χ1) is 42.6. The molecule has 0 radical (unpaired) electrons. The van der Waals surface area contributed by atoms with E-state index in [1.807, 2.05) is 85.7 Å². The number of rotatable bonds is 38. The van der Waals surface area contributed by atoms with Crippen molar-refractivity contribution in [3.63, 3.8) is 0 Å². The zero-order chi connectivity index (χ0) is 71.1. The predicted molar refractivity (Wildman–Crippen MR) is 357 cm³/mol. The summed E-state index contributed by atoms with van der Waals surface area (Å²) in [5, 5.41) is 29.6. The maximum Gasteiger partial charge on any atom is 0.325 e. The zero-order valence-electron chi connectivity index (χ0n) is 59.7. The van der Waals surface area contributed by atoms with Gasteiger partial charge in [0.05, 0.1) is 18.7 Å². The summed E-state index contributed by atoms with van der Waals surface area (Å²) in [6.07, 6.45) is 3.40. The number of aliphatic hydroxyl groups is 1. The average Bonchev–Trinajstić information content (AvgIpc) is 0.828. The van der Waals surface area contributed by atoms with E-state index in [2.05, 4.69) is 16.0 Å². The van der Waals surface area contributed by atoms with Gasteiger partial charge in [0, 0.05) is 49.3 Å². The molecule has 0 fully saturated rings. The fourth-order valence-corrected chi connectivity index (χ4v) is 11.2. The molecule has 0 bridgehead atoms. The highest BCUT2D eigenvalue weighted by Gasteiger charge is 2.45. The Balaban J connectivity index is 3.68. The van der Waals surface area contributed by atoms with Crippen LogP contribution in [0.2, 0.25) is 0 Å². The van der Waals surface area contributed by atoms with Gasteiger partial charge in [-0.25, -0.2) is 0 Å². The maximum absolute atomic E-state index is 15.2. The normalized spacial score (nSPS) is 15.7. The number of amides is 10. The Labute approximate surface area is 549 Å². The summed E-state index contributed by atoms with van der Waals surface area (Å²) in [6, 6.07) is -2.54. The third-order valence-electron chi connectivity index (χ3n) is 16.9. The van der Waals surface area contributed by atoms with Crippen molar-refractivity contribution in [2.24, 2.45) is 47.2 Å². The quantitative estimate of drug-likeness (QED) is 0.0500. The number of carbonyl (C=O) groups is 11. The van der Waals surface area contributed by atoms with Crippen molar-refractivity contribution in [1.29, 1.82) is 0 Å². The highest BCUT2D eigenvalue weighted by Crippen LogP contribution is 2.26. The Morgan fingerprint density at radius 3 is 1.39 bits per heavy atom. The number of hydrogen-bond donors (Lipinski definition) is 6. The highest BCUT2D eigenvalue weighted by molar-refractivity contribution is 5.98. The second-order valence-corrected chi connectivity index (χ2v) is 27.5. The van der Waals surface area contributed by atoms with E-state index in [0.29, 0.717) is 6.42 Å². The van der Waals surface area contributed by atoms with Crippen LogP contribution in [0.25, 0.3) is 0 Å². The molecule has 0 spiro atoms. The van der Waals surface area contributed by atoms with Gasteiger partial charge in [-0.1, -0.05) is 139 Å². The number of likely N-dealkylation sites (N-methyl/N-ethyl adjacent to an activating group) is 7. The summed E-state index contributed by atoms with van der Waals surface area (Å²) in [5.41, 5.74) is 7.32. The number of carboxylic acid groups (broad SMARTS) is 1. The molecule has 7 N–H and O–H groups in total. The summed E-state index contributed by atoms with van der Waals surface area (Å²) >= 11 is 0. The van der Waals surface area contributed by atoms with Gasteiger partial charge in [-0.15, -0.1) is 0 Å². The molecule has 0 aliphatic carbocycles. The van der Waals surface area contributed by atoms with Gasteiger partial charge in [0.25, 0.3) is 0 Å². The van der Waals surface area contributed by atoms with Crippen LogP contribution in [0.15, 0.2) is 42.5 Å². The van der Waals surface area contributed by atoms with Crippen LogP contribution in [0.1, 0.15) is 155 Å². The molecule has 0 aliphatic rings. The number of carboxylic acids is 1. The summed E-state index contributed by atoms with van der Waals surface area (Å²) in [4.78, 5) is 165. The molecule has 0 saturated carbocycles. The van der Waals surface area contributed by atoms with Gasteiger partial charge >= 0.3 is 5.97 Å². The number of nitrogens with two attached hydrogens (primary N) is 1. The van der Waals surface area contributed by atoms with Crippen molar-refractivity contribution in [3.8, 4) is 0 Å². The molecule has 0 aromatic heterocycles.